The molecule has 0 aliphatic rings. The van der Waals surface area contributed by atoms with Crippen molar-refractivity contribution in [3.05, 3.63) is 29.8 Å². The van der Waals surface area contributed by atoms with Gasteiger partial charge in [0.15, 0.2) is 0 Å². The van der Waals surface area contributed by atoms with E-state index in [1.54, 1.807) is 0 Å². The van der Waals surface area contributed by atoms with Gasteiger partial charge in [-0.15, -0.1) is 0 Å². The zero-order valence-corrected chi connectivity index (χ0v) is 8.32. The first-order chi connectivity index (χ1) is 7.97. The van der Waals surface area contributed by atoms with Crippen LogP contribution in [0.5, 0.6) is 0 Å². The molecule has 3 N–H and O–H groups in total. The monoisotopic (exact) mass is 244 g/mol. The van der Waals surface area contributed by atoms with Crippen LogP contribution in [-0.2, 0) is 6.18 Å². The smallest absolute Gasteiger partial charge is 0.389 e. The first-order valence-corrected chi connectivity index (χ1v) is 4.49. The summed E-state index contributed by atoms with van der Waals surface area (Å²) in [6, 6.07) is 4.52. The molecule has 0 aliphatic heterocycles. The average molecular weight is 244 g/mol. The minimum absolute atomic E-state index is 0.177. The van der Waals surface area contributed by atoms with Crippen molar-refractivity contribution >= 4 is 17.7 Å². The summed E-state index contributed by atoms with van der Waals surface area (Å²) in [6.45, 7) is 0. The molecule has 8 heteroatoms. The molecule has 0 amide bonds. The summed E-state index contributed by atoms with van der Waals surface area (Å²) >= 11 is 0. The standard InChI is InChI=1S/C9H7F3N4O/c10-9(11,12)5-3-1-2-4-6(5)14-8-16-15-7(13)17-8/h1-4H,(H2,13,15)(H,14,16). The Balaban J connectivity index is 2.33. The van der Waals surface area contributed by atoms with E-state index in [2.05, 4.69) is 15.5 Å². The third-order valence-electron chi connectivity index (χ3n) is 1.91. The van der Waals surface area contributed by atoms with Gasteiger partial charge < -0.3 is 15.5 Å². The molecule has 0 spiro atoms. The van der Waals surface area contributed by atoms with Gasteiger partial charge in [-0.25, -0.2) is 0 Å². The van der Waals surface area contributed by atoms with Crippen molar-refractivity contribution in [2.75, 3.05) is 11.1 Å². The van der Waals surface area contributed by atoms with Crippen molar-refractivity contribution in [2.24, 2.45) is 0 Å². The molecule has 1 aromatic carbocycles. The average Bonchev–Trinajstić information content (AvgIpc) is 2.63. The fraction of sp³-hybridized carbons (Fsp3) is 0.111. The second-order valence-electron chi connectivity index (χ2n) is 3.11. The highest BCUT2D eigenvalue weighted by Crippen LogP contribution is 2.35. The first kappa shape index (κ1) is 11.2. The number of anilines is 3. The van der Waals surface area contributed by atoms with Gasteiger partial charge in [-0.05, 0) is 12.1 Å². The van der Waals surface area contributed by atoms with Crippen LogP contribution < -0.4 is 11.1 Å². The van der Waals surface area contributed by atoms with Gasteiger partial charge >= 0.3 is 18.2 Å². The number of aromatic nitrogens is 2. The van der Waals surface area contributed by atoms with Gasteiger partial charge in [-0.3, -0.25) is 0 Å². The Morgan fingerprint density at radius 3 is 2.47 bits per heavy atom. The maximum Gasteiger partial charge on any atom is 0.418 e. The number of para-hydroxylation sites is 1. The predicted octanol–water partition coefficient (Wildman–Crippen LogP) is 2.41. The minimum Gasteiger partial charge on any atom is -0.389 e. The summed E-state index contributed by atoms with van der Waals surface area (Å²) in [6.07, 6.45) is -4.46. The van der Waals surface area contributed by atoms with E-state index in [9.17, 15) is 13.2 Å². The van der Waals surface area contributed by atoms with E-state index in [1.165, 1.54) is 18.2 Å². The Bertz CT molecular complexity index is 523. The summed E-state index contributed by atoms with van der Waals surface area (Å²) < 4.78 is 42.6. The Kier molecular flexibility index (Phi) is 2.62. The van der Waals surface area contributed by atoms with Crippen molar-refractivity contribution in [2.45, 2.75) is 6.18 Å². The van der Waals surface area contributed by atoms with Crippen LogP contribution >= 0.6 is 0 Å². The Morgan fingerprint density at radius 2 is 1.88 bits per heavy atom. The molecule has 17 heavy (non-hydrogen) atoms. The van der Waals surface area contributed by atoms with Crippen molar-refractivity contribution < 1.29 is 17.6 Å². The minimum atomic E-state index is -4.46. The zero-order chi connectivity index (χ0) is 12.5. The number of nitrogens with one attached hydrogen (secondary N) is 1. The molecular formula is C9H7F3N4O. The van der Waals surface area contributed by atoms with Crippen LogP contribution in [0.25, 0.3) is 0 Å². The van der Waals surface area contributed by atoms with Crippen molar-refractivity contribution in [1.82, 2.24) is 10.2 Å². The fourth-order valence-corrected chi connectivity index (χ4v) is 1.24. The van der Waals surface area contributed by atoms with E-state index >= 15 is 0 Å². The summed E-state index contributed by atoms with van der Waals surface area (Å²) in [7, 11) is 0. The molecule has 1 heterocycles. The normalized spacial score (nSPS) is 11.5. The Labute approximate surface area is 93.4 Å². The van der Waals surface area contributed by atoms with Crippen LogP contribution in [0.2, 0.25) is 0 Å². The number of benzene rings is 1. The van der Waals surface area contributed by atoms with E-state index in [1.807, 2.05) is 0 Å². The van der Waals surface area contributed by atoms with Gasteiger partial charge in [-0.2, -0.15) is 13.2 Å². The number of alkyl halides is 3. The summed E-state index contributed by atoms with van der Waals surface area (Å²) in [4.78, 5) is 0. The molecular weight excluding hydrogens is 237 g/mol. The molecule has 5 nitrogen and oxygen atoms in total. The van der Waals surface area contributed by atoms with Gasteiger partial charge in [0.2, 0.25) is 0 Å². The molecule has 0 aliphatic carbocycles. The molecule has 0 saturated heterocycles. The molecule has 90 valence electrons. The molecule has 2 rings (SSSR count). The molecule has 1 aromatic heterocycles. The molecule has 2 aromatic rings. The molecule has 0 bridgehead atoms. The maximum absolute atomic E-state index is 12.6. The number of nitrogens with two attached hydrogens (primary N) is 1. The van der Waals surface area contributed by atoms with Crippen LogP contribution in [0, 0.1) is 0 Å². The summed E-state index contributed by atoms with van der Waals surface area (Å²) in [5.41, 5.74) is 4.15. The van der Waals surface area contributed by atoms with Crippen LogP contribution in [0.3, 0.4) is 0 Å². The van der Waals surface area contributed by atoms with E-state index in [0.717, 1.165) is 6.07 Å². The van der Waals surface area contributed by atoms with Gasteiger partial charge in [0.25, 0.3) is 0 Å². The SMILES string of the molecule is Nc1nnc(Nc2ccccc2C(F)(F)F)o1. The summed E-state index contributed by atoms with van der Waals surface area (Å²) in [5, 5.41) is 9.10. The van der Waals surface area contributed by atoms with Crippen LogP contribution in [0.1, 0.15) is 5.56 Å². The van der Waals surface area contributed by atoms with Gasteiger partial charge in [0.1, 0.15) is 0 Å². The van der Waals surface area contributed by atoms with Crippen molar-refractivity contribution in [3.63, 3.8) is 0 Å². The topological polar surface area (TPSA) is 77.0 Å². The predicted molar refractivity (Wildman–Crippen MR) is 53.4 cm³/mol. The third-order valence-corrected chi connectivity index (χ3v) is 1.91. The highest BCUT2D eigenvalue weighted by Gasteiger charge is 2.33. The maximum atomic E-state index is 12.6. The summed E-state index contributed by atoms with van der Waals surface area (Å²) in [5.74, 6) is 0. The number of rotatable bonds is 2. The van der Waals surface area contributed by atoms with Gasteiger partial charge in [0.05, 0.1) is 11.3 Å². The third kappa shape index (κ3) is 2.47. The molecule has 0 unspecified atom stereocenters. The van der Waals surface area contributed by atoms with Crippen LogP contribution in [0.4, 0.5) is 30.9 Å². The van der Waals surface area contributed by atoms with Crippen LogP contribution in [0.15, 0.2) is 28.7 Å². The van der Waals surface area contributed by atoms with E-state index in [0.29, 0.717) is 0 Å². The lowest BCUT2D eigenvalue weighted by molar-refractivity contribution is -0.136. The molecule has 0 saturated carbocycles. The number of hydrogen-bond donors (Lipinski definition) is 2. The van der Waals surface area contributed by atoms with E-state index in [4.69, 9.17) is 10.2 Å². The second kappa shape index (κ2) is 3.96. The van der Waals surface area contributed by atoms with Crippen molar-refractivity contribution in [3.8, 4) is 0 Å². The fourth-order valence-electron chi connectivity index (χ4n) is 1.24. The lowest BCUT2D eigenvalue weighted by Crippen LogP contribution is -2.08. The number of nitrogens with zero attached hydrogens (tertiary/aromatic N) is 2. The lowest BCUT2D eigenvalue weighted by Gasteiger charge is -2.11. The first-order valence-electron chi connectivity index (χ1n) is 4.49. The van der Waals surface area contributed by atoms with E-state index < -0.39 is 11.7 Å². The number of nitrogen functional groups attached to an aromatic ring is 1. The Hall–Kier alpha value is -2.25. The highest BCUT2D eigenvalue weighted by atomic mass is 19.4. The second-order valence-corrected chi connectivity index (χ2v) is 3.11. The largest absolute Gasteiger partial charge is 0.418 e. The molecule has 0 atom stereocenters. The highest BCUT2D eigenvalue weighted by molar-refractivity contribution is 5.58. The Morgan fingerprint density at radius 1 is 1.18 bits per heavy atom. The number of hydrogen-bond acceptors (Lipinski definition) is 5. The quantitative estimate of drug-likeness (QED) is 0.848. The van der Waals surface area contributed by atoms with E-state index in [-0.39, 0.29) is 17.7 Å². The van der Waals surface area contributed by atoms with Crippen LogP contribution in [-0.4, -0.2) is 10.2 Å². The van der Waals surface area contributed by atoms with Gasteiger partial charge in [-0.1, -0.05) is 22.3 Å². The van der Waals surface area contributed by atoms with Gasteiger partial charge in [0, 0.05) is 0 Å². The number of halogens is 3. The molecule has 0 radical (unpaired) electrons. The zero-order valence-electron chi connectivity index (χ0n) is 8.32. The lowest BCUT2D eigenvalue weighted by atomic mass is 10.2. The van der Waals surface area contributed by atoms with Crippen molar-refractivity contribution in [1.29, 1.82) is 0 Å². The molecule has 0 fully saturated rings.